The number of rotatable bonds is 5. The lowest BCUT2D eigenvalue weighted by Crippen LogP contribution is -2.49. The Balaban J connectivity index is 1.14. The molecule has 2 unspecified atom stereocenters. The molecule has 2 atom stereocenters. The first-order valence-electron chi connectivity index (χ1n) is 15.0. The molecular formula is C34H33FN6O3. The van der Waals surface area contributed by atoms with Crippen LogP contribution in [0.5, 0.6) is 0 Å². The maximum Gasteiger partial charge on any atom is 0.255 e. The summed E-state index contributed by atoms with van der Waals surface area (Å²) in [5.74, 6) is -0.160. The number of piperidine rings is 1. The average molecular weight is 593 g/mol. The molecule has 9 nitrogen and oxygen atoms in total. The van der Waals surface area contributed by atoms with Crippen molar-refractivity contribution in [1.29, 1.82) is 0 Å². The molecule has 1 N–H and O–H groups in total. The summed E-state index contributed by atoms with van der Waals surface area (Å²) in [5, 5.41) is 3.08. The zero-order valence-electron chi connectivity index (χ0n) is 24.2. The third-order valence-electron chi connectivity index (χ3n) is 9.01. The number of nitrogens with one attached hydrogen (secondary N) is 1. The molecule has 224 valence electrons. The van der Waals surface area contributed by atoms with E-state index in [2.05, 4.69) is 20.1 Å². The Bertz CT molecular complexity index is 1750. The van der Waals surface area contributed by atoms with Crippen LogP contribution in [0.3, 0.4) is 0 Å². The molecule has 44 heavy (non-hydrogen) atoms. The summed E-state index contributed by atoms with van der Waals surface area (Å²) >= 11 is 0. The first kappa shape index (κ1) is 27.8. The number of pyridine rings is 2. The minimum Gasteiger partial charge on any atom is -0.369 e. The second kappa shape index (κ2) is 11.6. The molecule has 3 aliphatic rings. The Kier molecular flexibility index (Phi) is 7.33. The monoisotopic (exact) mass is 592 g/mol. The number of aromatic nitrogens is 2. The van der Waals surface area contributed by atoms with Crippen LogP contribution >= 0.6 is 0 Å². The van der Waals surface area contributed by atoms with Crippen molar-refractivity contribution in [1.82, 2.24) is 14.5 Å². The van der Waals surface area contributed by atoms with E-state index >= 15 is 0 Å². The lowest BCUT2D eigenvalue weighted by Gasteiger charge is -2.44. The quantitative estimate of drug-likeness (QED) is 0.373. The minimum absolute atomic E-state index is 0.0392. The van der Waals surface area contributed by atoms with Gasteiger partial charge in [-0.15, -0.1) is 0 Å². The number of nitrogens with zero attached hydrogens (tertiary/aromatic N) is 5. The lowest BCUT2D eigenvalue weighted by atomic mass is 9.83. The molecule has 7 rings (SSSR count). The van der Waals surface area contributed by atoms with Crippen molar-refractivity contribution in [2.75, 3.05) is 54.4 Å². The van der Waals surface area contributed by atoms with Crippen molar-refractivity contribution in [3.8, 4) is 0 Å². The molecular weight excluding hydrogens is 559 g/mol. The number of anilines is 3. The number of fused-ring (bicyclic) bond motifs is 4. The zero-order chi connectivity index (χ0) is 30.2. The number of benzene rings is 2. The Morgan fingerprint density at radius 3 is 2.36 bits per heavy atom. The molecule has 2 aromatic carbocycles. The summed E-state index contributed by atoms with van der Waals surface area (Å²) in [7, 11) is 0. The molecule has 2 amide bonds. The van der Waals surface area contributed by atoms with Gasteiger partial charge in [-0.25, -0.2) is 4.39 Å². The van der Waals surface area contributed by atoms with Gasteiger partial charge in [0, 0.05) is 92.7 Å². The summed E-state index contributed by atoms with van der Waals surface area (Å²) < 4.78 is 15.3. The SMILES string of the molecule is O=C(Nc1cc(C(=O)N2CCN(c3ccc(F)cc3)CC2)ccc1N1CC2CC(C1)c1cccc(=O)n1C2)c1ccncc1. The number of halogens is 1. The fourth-order valence-electron chi connectivity index (χ4n) is 6.84. The number of amides is 2. The maximum atomic E-state index is 13.7. The van der Waals surface area contributed by atoms with Crippen LogP contribution in [0.1, 0.15) is 38.7 Å². The van der Waals surface area contributed by atoms with Gasteiger partial charge in [0.05, 0.1) is 11.4 Å². The maximum absolute atomic E-state index is 13.7. The van der Waals surface area contributed by atoms with E-state index < -0.39 is 0 Å². The number of hydrogen-bond acceptors (Lipinski definition) is 6. The Labute approximate surface area is 254 Å². The Morgan fingerprint density at radius 2 is 1.59 bits per heavy atom. The number of carbonyl (C=O) groups is 2. The van der Waals surface area contributed by atoms with E-state index in [0.717, 1.165) is 30.0 Å². The van der Waals surface area contributed by atoms with E-state index in [0.29, 0.717) is 62.0 Å². The van der Waals surface area contributed by atoms with Gasteiger partial charge in [-0.05, 0) is 73.0 Å². The standard InChI is InChI=1S/C34H33FN6O3/c35-27-5-7-28(8-6-27)38-14-16-39(17-15-38)34(44)25-4-9-31(29(19-25)37-33(43)24-10-12-36-13-11-24)40-20-23-18-26(22-40)30-2-1-3-32(42)41(30)21-23/h1-13,19,23,26H,14-18,20-22H2,(H,37,43). The molecule has 0 saturated carbocycles. The van der Waals surface area contributed by atoms with Gasteiger partial charge in [-0.3, -0.25) is 19.4 Å². The highest BCUT2D eigenvalue weighted by atomic mass is 19.1. The highest BCUT2D eigenvalue weighted by Crippen LogP contribution is 2.39. The van der Waals surface area contributed by atoms with E-state index in [-0.39, 0.29) is 29.1 Å². The predicted molar refractivity (Wildman–Crippen MR) is 167 cm³/mol. The summed E-state index contributed by atoms with van der Waals surface area (Å²) in [6.45, 7) is 4.46. The first-order chi connectivity index (χ1) is 21.4. The third-order valence-corrected chi connectivity index (χ3v) is 9.01. The summed E-state index contributed by atoms with van der Waals surface area (Å²) in [6.07, 6.45) is 4.16. The normalized spacial score (nSPS) is 19.3. The van der Waals surface area contributed by atoms with Crippen LogP contribution in [0.4, 0.5) is 21.5 Å². The molecule has 0 radical (unpaired) electrons. The lowest BCUT2D eigenvalue weighted by molar-refractivity contribution is 0.0746. The topological polar surface area (TPSA) is 90.8 Å². The van der Waals surface area contributed by atoms with Crippen molar-refractivity contribution < 1.29 is 14.0 Å². The molecule has 2 bridgehead atoms. The molecule has 10 heteroatoms. The predicted octanol–water partition coefficient (Wildman–Crippen LogP) is 4.22. The van der Waals surface area contributed by atoms with Crippen LogP contribution in [-0.4, -0.2) is 65.5 Å². The van der Waals surface area contributed by atoms with Crippen LogP contribution in [0.2, 0.25) is 0 Å². The Hall–Kier alpha value is -4.99. The molecule has 2 saturated heterocycles. The van der Waals surface area contributed by atoms with Gasteiger partial charge in [-0.2, -0.15) is 0 Å². The van der Waals surface area contributed by atoms with Gasteiger partial charge in [0.15, 0.2) is 0 Å². The van der Waals surface area contributed by atoms with Crippen LogP contribution in [0, 0.1) is 11.7 Å². The average Bonchev–Trinajstić information content (AvgIpc) is 3.06. The zero-order valence-corrected chi connectivity index (χ0v) is 24.2. The summed E-state index contributed by atoms with van der Waals surface area (Å²) in [4.78, 5) is 49.8. The number of piperazine rings is 1. The van der Waals surface area contributed by atoms with E-state index in [9.17, 15) is 18.8 Å². The summed E-state index contributed by atoms with van der Waals surface area (Å²) in [5.41, 5.74) is 4.43. The Morgan fingerprint density at radius 1 is 0.818 bits per heavy atom. The van der Waals surface area contributed by atoms with Crippen LogP contribution < -0.4 is 20.7 Å². The highest BCUT2D eigenvalue weighted by molar-refractivity contribution is 6.07. The number of hydrogen-bond donors (Lipinski definition) is 1. The second-order valence-corrected chi connectivity index (χ2v) is 11.8. The van der Waals surface area contributed by atoms with Crippen molar-refractivity contribution in [3.63, 3.8) is 0 Å². The van der Waals surface area contributed by atoms with Gasteiger partial charge in [0.25, 0.3) is 17.4 Å². The molecule has 4 aromatic rings. The molecule has 5 heterocycles. The van der Waals surface area contributed by atoms with Crippen LogP contribution in [0.25, 0.3) is 0 Å². The van der Waals surface area contributed by atoms with Crippen LogP contribution in [0.15, 0.2) is 90.0 Å². The fourth-order valence-corrected chi connectivity index (χ4v) is 6.84. The van der Waals surface area contributed by atoms with Crippen molar-refractivity contribution >= 4 is 28.9 Å². The molecule has 0 aliphatic carbocycles. The second-order valence-electron chi connectivity index (χ2n) is 11.8. The van der Waals surface area contributed by atoms with Crippen molar-refractivity contribution in [3.05, 3.63) is 118 Å². The van der Waals surface area contributed by atoms with Gasteiger partial charge in [-0.1, -0.05) is 6.07 Å². The van der Waals surface area contributed by atoms with Gasteiger partial charge in [0.1, 0.15) is 5.82 Å². The fraction of sp³-hybridized carbons (Fsp3) is 0.294. The molecule has 3 aliphatic heterocycles. The minimum atomic E-state index is -0.278. The van der Waals surface area contributed by atoms with Gasteiger partial charge >= 0.3 is 0 Å². The number of carbonyl (C=O) groups excluding carboxylic acids is 2. The largest absolute Gasteiger partial charge is 0.369 e. The van der Waals surface area contributed by atoms with Crippen LogP contribution in [-0.2, 0) is 6.54 Å². The molecule has 2 fully saturated rings. The molecule has 0 spiro atoms. The van der Waals surface area contributed by atoms with E-state index in [1.54, 1.807) is 48.8 Å². The summed E-state index contributed by atoms with van der Waals surface area (Å²) in [6, 6.07) is 20.8. The van der Waals surface area contributed by atoms with Gasteiger partial charge < -0.3 is 24.6 Å². The van der Waals surface area contributed by atoms with E-state index in [1.165, 1.54) is 12.1 Å². The van der Waals surface area contributed by atoms with E-state index in [1.807, 2.05) is 33.7 Å². The third kappa shape index (κ3) is 5.43. The van der Waals surface area contributed by atoms with Crippen molar-refractivity contribution in [2.24, 2.45) is 5.92 Å². The van der Waals surface area contributed by atoms with E-state index in [4.69, 9.17) is 0 Å². The highest BCUT2D eigenvalue weighted by Gasteiger charge is 2.35. The molecule has 2 aromatic heterocycles. The van der Waals surface area contributed by atoms with Crippen molar-refractivity contribution in [2.45, 2.75) is 18.9 Å². The first-order valence-corrected chi connectivity index (χ1v) is 15.0. The van der Waals surface area contributed by atoms with Gasteiger partial charge in [0.2, 0.25) is 0 Å². The smallest absolute Gasteiger partial charge is 0.255 e.